The number of imidazole rings is 1. The second-order valence-electron chi connectivity index (χ2n) is 8.05. The SMILES string of the molecule is O=S(=O)(Nc1ccc(-c2nccn2CCCc2ccccc2)cc1)c1cccc2cccnc12. The number of hydrogen-bond acceptors (Lipinski definition) is 4. The topological polar surface area (TPSA) is 76.9 Å². The summed E-state index contributed by atoms with van der Waals surface area (Å²) in [6, 6.07) is 26.5. The van der Waals surface area contributed by atoms with E-state index in [9.17, 15) is 8.42 Å². The summed E-state index contributed by atoms with van der Waals surface area (Å²) >= 11 is 0. The molecule has 0 aliphatic rings. The third-order valence-electron chi connectivity index (χ3n) is 5.70. The molecule has 1 N–H and O–H groups in total. The first-order valence-corrected chi connectivity index (χ1v) is 12.6. The molecule has 0 spiro atoms. The highest BCUT2D eigenvalue weighted by Crippen LogP contribution is 2.25. The molecular weight excluding hydrogens is 444 g/mol. The van der Waals surface area contributed by atoms with Crippen molar-refractivity contribution in [2.24, 2.45) is 0 Å². The molecule has 0 fully saturated rings. The molecule has 0 bridgehead atoms. The van der Waals surface area contributed by atoms with E-state index in [4.69, 9.17) is 0 Å². The molecule has 0 aliphatic heterocycles. The van der Waals surface area contributed by atoms with Gasteiger partial charge in [-0.05, 0) is 54.8 Å². The van der Waals surface area contributed by atoms with Gasteiger partial charge in [0.2, 0.25) is 0 Å². The maximum absolute atomic E-state index is 13.1. The number of fused-ring (bicyclic) bond motifs is 1. The number of pyridine rings is 1. The maximum Gasteiger partial charge on any atom is 0.264 e. The number of hydrogen-bond donors (Lipinski definition) is 1. The summed E-state index contributed by atoms with van der Waals surface area (Å²) in [4.78, 5) is 8.93. The first-order chi connectivity index (χ1) is 16.6. The lowest BCUT2D eigenvalue weighted by atomic mass is 10.1. The van der Waals surface area contributed by atoms with E-state index in [1.54, 1.807) is 42.7 Å². The number of para-hydroxylation sites is 1. The van der Waals surface area contributed by atoms with Crippen molar-refractivity contribution in [3.63, 3.8) is 0 Å². The number of aryl methyl sites for hydroxylation is 2. The van der Waals surface area contributed by atoms with Gasteiger partial charge in [-0.15, -0.1) is 0 Å². The number of sulfonamides is 1. The fraction of sp³-hybridized carbons (Fsp3) is 0.111. The largest absolute Gasteiger partial charge is 0.331 e. The van der Waals surface area contributed by atoms with Gasteiger partial charge in [0, 0.05) is 41.8 Å². The van der Waals surface area contributed by atoms with Gasteiger partial charge in [-0.3, -0.25) is 9.71 Å². The Kier molecular flexibility index (Phi) is 6.10. The van der Waals surface area contributed by atoms with Gasteiger partial charge in [0.25, 0.3) is 10.0 Å². The van der Waals surface area contributed by atoms with Crippen LogP contribution in [0, 0.1) is 0 Å². The van der Waals surface area contributed by atoms with E-state index in [1.165, 1.54) is 5.56 Å². The van der Waals surface area contributed by atoms with Crippen LogP contribution in [0.5, 0.6) is 0 Å². The van der Waals surface area contributed by atoms with Crippen molar-refractivity contribution >= 4 is 26.6 Å². The number of nitrogens with one attached hydrogen (secondary N) is 1. The second-order valence-corrected chi connectivity index (χ2v) is 9.70. The van der Waals surface area contributed by atoms with Crippen LogP contribution in [-0.4, -0.2) is 23.0 Å². The molecule has 0 amide bonds. The zero-order valence-corrected chi connectivity index (χ0v) is 19.3. The minimum atomic E-state index is -3.79. The summed E-state index contributed by atoms with van der Waals surface area (Å²) < 4.78 is 30.9. The van der Waals surface area contributed by atoms with E-state index >= 15 is 0 Å². The van der Waals surface area contributed by atoms with Crippen molar-refractivity contribution in [3.8, 4) is 11.4 Å². The number of aromatic nitrogens is 3. The lowest BCUT2D eigenvalue weighted by Gasteiger charge is -2.11. The van der Waals surface area contributed by atoms with Crippen molar-refractivity contribution in [3.05, 3.63) is 109 Å². The van der Waals surface area contributed by atoms with Gasteiger partial charge < -0.3 is 4.57 Å². The summed E-state index contributed by atoms with van der Waals surface area (Å²) in [5.74, 6) is 0.862. The number of benzene rings is 3. The van der Waals surface area contributed by atoms with Crippen molar-refractivity contribution in [1.82, 2.24) is 14.5 Å². The summed E-state index contributed by atoms with van der Waals surface area (Å²) in [5.41, 5.74) is 3.19. The zero-order valence-electron chi connectivity index (χ0n) is 18.5. The van der Waals surface area contributed by atoms with E-state index in [2.05, 4.69) is 43.5 Å². The average Bonchev–Trinajstić information content (AvgIpc) is 3.33. The van der Waals surface area contributed by atoms with Crippen LogP contribution < -0.4 is 4.72 Å². The van der Waals surface area contributed by atoms with E-state index in [1.807, 2.05) is 36.5 Å². The van der Waals surface area contributed by atoms with Gasteiger partial charge in [-0.25, -0.2) is 13.4 Å². The lowest BCUT2D eigenvalue weighted by Crippen LogP contribution is -2.13. The van der Waals surface area contributed by atoms with Crippen LogP contribution in [0.1, 0.15) is 12.0 Å². The molecule has 170 valence electrons. The molecule has 0 saturated carbocycles. The number of anilines is 1. The van der Waals surface area contributed by atoms with Crippen molar-refractivity contribution in [2.45, 2.75) is 24.3 Å². The minimum Gasteiger partial charge on any atom is -0.331 e. The molecule has 0 aliphatic carbocycles. The molecular formula is C27H24N4O2S. The highest BCUT2D eigenvalue weighted by Gasteiger charge is 2.18. The average molecular weight is 469 g/mol. The minimum absolute atomic E-state index is 0.156. The van der Waals surface area contributed by atoms with Gasteiger partial charge in [-0.1, -0.05) is 48.5 Å². The third-order valence-corrected chi connectivity index (χ3v) is 7.12. The van der Waals surface area contributed by atoms with Crippen LogP contribution >= 0.6 is 0 Å². The molecule has 5 rings (SSSR count). The summed E-state index contributed by atoms with van der Waals surface area (Å²) in [6.45, 7) is 0.854. The van der Waals surface area contributed by atoms with E-state index in [0.29, 0.717) is 11.2 Å². The number of nitrogens with zero attached hydrogens (tertiary/aromatic N) is 3. The Morgan fingerprint density at radius 3 is 2.41 bits per heavy atom. The molecule has 0 radical (unpaired) electrons. The standard InChI is InChI=1S/C27H24N4O2S/c32-34(33,25-12-4-10-22-11-5-17-28-26(22)25)30-24-15-13-23(14-16-24)27-29-18-20-31(27)19-6-9-21-7-2-1-3-8-21/h1-5,7-8,10-18,20,30H,6,9,19H2. The molecule has 0 atom stereocenters. The van der Waals surface area contributed by atoms with E-state index in [-0.39, 0.29) is 4.90 Å². The quantitative estimate of drug-likeness (QED) is 0.325. The molecule has 0 saturated heterocycles. The van der Waals surface area contributed by atoms with Gasteiger partial charge >= 0.3 is 0 Å². The Hall–Kier alpha value is -3.97. The van der Waals surface area contributed by atoms with Crippen molar-refractivity contribution < 1.29 is 8.42 Å². The molecule has 2 aromatic heterocycles. The molecule has 2 heterocycles. The van der Waals surface area contributed by atoms with E-state index < -0.39 is 10.0 Å². The van der Waals surface area contributed by atoms with Crippen LogP contribution in [0.2, 0.25) is 0 Å². The smallest absolute Gasteiger partial charge is 0.264 e. The van der Waals surface area contributed by atoms with Crippen molar-refractivity contribution in [1.29, 1.82) is 0 Å². The monoisotopic (exact) mass is 468 g/mol. The van der Waals surface area contributed by atoms with Crippen molar-refractivity contribution in [2.75, 3.05) is 4.72 Å². The Morgan fingerprint density at radius 2 is 1.59 bits per heavy atom. The fourth-order valence-electron chi connectivity index (χ4n) is 4.04. The summed E-state index contributed by atoms with van der Waals surface area (Å²) in [6.07, 6.45) is 7.37. The Bertz CT molecular complexity index is 1510. The first kappa shape index (κ1) is 21.9. The Labute approximate surface area is 199 Å². The summed E-state index contributed by atoms with van der Waals surface area (Å²) in [7, 11) is -3.79. The molecule has 3 aromatic carbocycles. The van der Waals surface area contributed by atoms with E-state index in [0.717, 1.165) is 36.2 Å². The highest BCUT2D eigenvalue weighted by molar-refractivity contribution is 7.93. The van der Waals surface area contributed by atoms with Gasteiger partial charge in [0.1, 0.15) is 10.7 Å². The Balaban J connectivity index is 1.30. The third kappa shape index (κ3) is 4.70. The van der Waals surface area contributed by atoms with Gasteiger partial charge in [0.15, 0.2) is 0 Å². The second kappa shape index (κ2) is 9.49. The normalized spacial score (nSPS) is 11.5. The molecule has 34 heavy (non-hydrogen) atoms. The predicted octanol–water partition coefficient (Wildman–Crippen LogP) is 5.53. The predicted molar refractivity (Wildman–Crippen MR) is 135 cm³/mol. The summed E-state index contributed by atoms with van der Waals surface area (Å²) in [5, 5.41) is 0.778. The van der Waals surface area contributed by atoms with Crippen LogP contribution in [0.3, 0.4) is 0 Å². The Morgan fingerprint density at radius 1 is 0.794 bits per heavy atom. The molecule has 7 heteroatoms. The maximum atomic E-state index is 13.1. The van der Waals surface area contributed by atoms with Crippen LogP contribution in [0.15, 0.2) is 108 Å². The fourth-order valence-corrected chi connectivity index (χ4v) is 5.28. The lowest BCUT2D eigenvalue weighted by molar-refractivity contribution is 0.602. The van der Waals surface area contributed by atoms with Gasteiger partial charge in [0.05, 0.1) is 5.52 Å². The van der Waals surface area contributed by atoms with Gasteiger partial charge in [-0.2, -0.15) is 0 Å². The first-order valence-electron chi connectivity index (χ1n) is 11.1. The van der Waals surface area contributed by atoms with Crippen LogP contribution in [-0.2, 0) is 23.0 Å². The molecule has 5 aromatic rings. The number of rotatable bonds is 8. The highest BCUT2D eigenvalue weighted by atomic mass is 32.2. The molecule has 6 nitrogen and oxygen atoms in total. The van der Waals surface area contributed by atoms with Crippen LogP contribution in [0.4, 0.5) is 5.69 Å². The molecule has 0 unspecified atom stereocenters. The van der Waals surface area contributed by atoms with Crippen LogP contribution in [0.25, 0.3) is 22.3 Å². The zero-order chi connectivity index (χ0) is 23.4.